The van der Waals surface area contributed by atoms with Gasteiger partial charge in [-0.2, -0.15) is 5.26 Å². The number of nitrogens with one attached hydrogen (secondary N) is 1. The molecule has 166 valence electrons. The van der Waals surface area contributed by atoms with Crippen molar-refractivity contribution in [1.29, 1.82) is 5.26 Å². The summed E-state index contributed by atoms with van der Waals surface area (Å²) in [6, 6.07) is 27.8. The number of carbonyl (C=O) groups is 1. The number of amides is 1. The van der Waals surface area contributed by atoms with Gasteiger partial charge in [0, 0.05) is 18.1 Å². The third-order valence-corrected chi connectivity index (χ3v) is 6.50. The van der Waals surface area contributed by atoms with Crippen LogP contribution in [0.1, 0.15) is 29.0 Å². The standard InChI is InChI=1S/C27H24N2O3S/c1-31-24-13-12-21(14-25(24)32-17-19-8-4-2-5-9-19)22-15-26(30)29-27(23(22)16-28)33-18-20-10-6-3-7-11-20/h2-14,22H,15,17-18H2,1H3,(H,29,30). The first-order chi connectivity index (χ1) is 16.2. The molecule has 1 aliphatic heterocycles. The predicted molar refractivity (Wildman–Crippen MR) is 130 cm³/mol. The third-order valence-electron chi connectivity index (χ3n) is 5.41. The zero-order valence-electron chi connectivity index (χ0n) is 18.3. The molecule has 0 bridgehead atoms. The Balaban J connectivity index is 1.60. The van der Waals surface area contributed by atoms with Gasteiger partial charge < -0.3 is 14.8 Å². The summed E-state index contributed by atoms with van der Waals surface area (Å²) in [5.41, 5.74) is 3.58. The molecule has 4 rings (SSSR count). The van der Waals surface area contributed by atoms with Crippen molar-refractivity contribution in [3.8, 4) is 17.6 Å². The molecule has 3 aromatic carbocycles. The first-order valence-corrected chi connectivity index (χ1v) is 11.6. The highest BCUT2D eigenvalue weighted by molar-refractivity contribution is 8.02. The van der Waals surface area contributed by atoms with Crippen molar-refractivity contribution in [3.63, 3.8) is 0 Å². The normalized spacial score (nSPS) is 15.5. The minimum absolute atomic E-state index is 0.0999. The zero-order valence-corrected chi connectivity index (χ0v) is 19.1. The van der Waals surface area contributed by atoms with Gasteiger partial charge in [0.1, 0.15) is 6.61 Å². The van der Waals surface area contributed by atoms with Gasteiger partial charge in [0.2, 0.25) is 5.91 Å². The predicted octanol–water partition coefficient (Wildman–Crippen LogP) is 5.55. The molecule has 0 aliphatic carbocycles. The summed E-state index contributed by atoms with van der Waals surface area (Å²) in [4.78, 5) is 12.5. The lowest BCUT2D eigenvalue weighted by Gasteiger charge is -2.25. The number of benzene rings is 3. The second-order valence-electron chi connectivity index (χ2n) is 7.62. The van der Waals surface area contributed by atoms with E-state index < -0.39 is 0 Å². The molecule has 1 aliphatic rings. The monoisotopic (exact) mass is 456 g/mol. The fourth-order valence-corrected chi connectivity index (χ4v) is 4.74. The minimum Gasteiger partial charge on any atom is -0.493 e. The van der Waals surface area contributed by atoms with Crippen molar-refractivity contribution in [3.05, 3.63) is 106 Å². The molecule has 1 unspecified atom stereocenters. The molecule has 1 atom stereocenters. The number of carbonyl (C=O) groups excluding carboxylic acids is 1. The van der Waals surface area contributed by atoms with E-state index in [1.807, 2.05) is 78.9 Å². The maximum absolute atomic E-state index is 12.5. The van der Waals surface area contributed by atoms with E-state index in [1.54, 1.807) is 7.11 Å². The topological polar surface area (TPSA) is 71.3 Å². The van der Waals surface area contributed by atoms with E-state index in [9.17, 15) is 10.1 Å². The van der Waals surface area contributed by atoms with Gasteiger partial charge in [-0.1, -0.05) is 66.7 Å². The van der Waals surface area contributed by atoms with Crippen LogP contribution in [0, 0.1) is 11.3 Å². The van der Waals surface area contributed by atoms with Gasteiger partial charge in [-0.3, -0.25) is 4.79 Å². The fourth-order valence-electron chi connectivity index (χ4n) is 3.71. The lowest BCUT2D eigenvalue weighted by molar-refractivity contribution is -0.120. The smallest absolute Gasteiger partial charge is 0.225 e. The Labute approximate surface area is 198 Å². The highest BCUT2D eigenvalue weighted by atomic mass is 32.2. The van der Waals surface area contributed by atoms with Crippen molar-refractivity contribution in [2.45, 2.75) is 24.7 Å². The van der Waals surface area contributed by atoms with Crippen LogP contribution < -0.4 is 14.8 Å². The Hall–Kier alpha value is -3.69. The number of ether oxygens (including phenoxy) is 2. The Morgan fingerprint density at radius 2 is 1.70 bits per heavy atom. The molecule has 0 saturated heterocycles. The van der Waals surface area contributed by atoms with Crippen molar-refractivity contribution in [2.75, 3.05) is 7.11 Å². The van der Waals surface area contributed by atoms with E-state index in [0.717, 1.165) is 16.7 Å². The van der Waals surface area contributed by atoms with E-state index in [2.05, 4.69) is 11.4 Å². The highest BCUT2D eigenvalue weighted by Crippen LogP contribution is 2.40. The van der Waals surface area contributed by atoms with E-state index in [1.165, 1.54) is 11.8 Å². The molecule has 6 heteroatoms. The van der Waals surface area contributed by atoms with E-state index in [-0.39, 0.29) is 18.2 Å². The maximum Gasteiger partial charge on any atom is 0.225 e. The average Bonchev–Trinajstić information content (AvgIpc) is 2.87. The van der Waals surface area contributed by atoms with Crippen molar-refractivity contribution in [2.24, 2.45) is 0 Å². The van der Waals surface area contributed by atoms with Crippen LogP contribution in [0.15, 0.2) is 89.5 Å². The Kier molecular flexibility index (Phi) is 7.33. The summed E-state index contributed by atoms with van der Waals surface area (Å²) >= 11 is 1.47. The lowest BCUT2D eigenvalue weighted by Crippen LogP contribution is -2.30. The van der Waals surface area contributed by atoms with Crippen LogP contribution in [0.2, 0.25) is 0 Å². The maximum atomic E-state index is 12.5. The molecular weight excluding hydrogens is 432 g/mol. The summed E-state index contributed by atoms with van der Waals surface area (Å²) < 4.78 is 11.5. The summed E-state index contributed by atoms with van der Waals surface area (Å²) in [5.74, 6) is 1.42. The molecule has 5 nitrogen and oxygen atoms in total. The van der Waals surface area contributed by atoms with Crippen molar-refractivity contribution >= 4 is 17.7 Å². The summed E-state index contributed by atoms with van der Waals surface area (Å²) in [6.07, 6.45) is 0.211. The van der Waals surface area contributed by atoms with Gasteiger partial charge >= 0.3 is 0 Å². The molecule has 0 fully saturated rings. The first kappa shape index (κ1) is 22.5. The van der Waals surface area contributed by atoms with E-state index in [4.69, 9.17) is 9.47 Å². The highest BCUT2D eigenvalue weighted by Gasteiger charge is 2.30. The Bertz CT molecular complexity index is 1190. The summed E-state index contributed by atoms with van der Waals surface area (Å²) in [5, 5.41) is 13.5. The lowest BCUT2D eigenvalue weighted by atomic mass is 9.87. The molecular formula is C27H24N2O3S. The second kappa shape index (κ2) is 10.8. The van der Waals surface area contributed by atoms with Crippen LogP contribution in [0.4, 0.5) is 0 Å². The zero-order chi connectivity index (χ0) is 23.0. The van der Waals surface area contributed by atoms with Crippen LogP contribution >= 0.6 is 11.8 Å². The van der Waals surface area contributed by atoms with E-state index >= 15 is 0 Å². The number of hydrogen-bond donors (Lipinski definition) is 1. The number of rotatable bonds is 8. The second-order valence-corrected chi connectivity index (χ2v) is 8.60. The number of nitrogens with zero attached hydrogens (tertiary/aromatic N) is 1. The molecule has 0 spiro atoms. The third kappa shape index (κ3) is 5.57. The molecule has 3 aromatic rings. The van der Waals surface area contributed by atoms with Gasteiger partial charge in [0.05, 0.1) is 23.8 Å². The van der Waals surface area contributed by atoms with E-state index in [0.29, 0.717) is 34.5 Å². The van der Waals surface area contributed by atoms with Crippen LogP contribution in [-0.2, 0) is 17.2 Å². The Morgan fingerprint density at radius 1 is 1.00 bits per heavy atom. The van der Waals surface area contributed by atoms with Crippen LogP contribution in [-0.4, -0.2) is 13.0 Å². The Morgan fingerprint density at radius 3 is 2.36 bits per heavy atom. The quantitative estimate of drug-likeness (QED) is 0.481. The van der Waals surface area contributed by atoms with Crippen LogP contribution in [0.5, 0.6) is 11.5 Å². The van der Waals surface area contributed by atoms with Gasteiger partial charge in [0.15, 0.2) is 11.5 Å². The number of methoxy groups -OCH3 is 1. The van der Waals surface area contributed by atoms with Crippen molar-refractivity contribution < 1.29 is 14.3 Å². The molecule has 0 aromatic heterocycles. The first-order valence-electron chi connectivity index (χ1n) is 10.6. The number of allylic oxidation sites excluding steroid dienone is 1. The summed E-state index contributed by atoms with van der Waals surface area (Å²) in [7, 11) is 1.59. The molecule has 33 heavy (non-hydrogen) atoms. The van der Waals surface area contributed by atoms with Crippen molar-refractivity contribution in [1.82, 2.24) is 5.32 Å². The van der Waals surface area contributed by atoms with Gasteiger partial charge in [0.25, 0.3) is 0 Å². The van der Waals surface area contributed by atoms with Gasteiger partial charge in [-0.15, -0.1) is 11.8 Å². The number of thioether (sulfide) groups is 1. The molecule has 0 radical (unpaired) electrons. The molecule has 1 N–H and O–H groups in total. The summed E-state index contributed by atoms with van der Waals surface area (Å²) in [6.45, 7) is 0.394. The SMILES string of the molecule is COc1ccc(C2CC(=O)NC(SCc3ccccc3)=C2C#N)cc1OCc1ccccc1. The molecule has 1 heterocycles. The molecule has 1 amide bonds. The van der Waals surface area contributed by atoms with Gasteiger partial charge in [-0.05, 0) is 28.8 Å². The minimum atomic E-state index is -0.341. The number of hydrogen-bond acceptors (Lipinski definition) is 5. The van der Waals surface area contributed by atoms with Crippen LogP contribution in [0.3, 0.4) is 0 Å². The molecule has 0 saturated carbocycles. The largest absolute Gasteiger partial charge is 0.493 e. The van der Waals surface area contributed by atoms with Crippen LogP contribution in [0.25, 0.3) is 0 Å². The van der Waals surface area contributed by atoms with Gasteiger partial charge in [-0.25, -0.2) is 0 Å². The average molecular weight is 457 g/mol. The fraction of sp³-hybridized carbons (Fsp3) is 0.185. The number of nitriles is 1.